The summed E-state index contributed by atoms with van der Waals surface area (Å²) < 4.78 is 0.673. The number of anilines is 1. The van der Waals surface area contributed by atoms with Crippen LogP contribution in [0.25, 0.3) is 0 Å². The Labute approximate surface area is 112 Å². The van der Waals surface area contributed by atoms with E-state index in [1.165, 1.54) is 0 Å². The van der Waals surface area contributed by atoms with Crippen molar-refractivity contribution in [3.05, 3.63) is 27.7 Å². The second-order valence-electron chi connectivity index (χ2n) is 3.30. The van der Waals surface area contributed by atoms with Gasteiger partial charge in [0, 0.05) is 16.7 Å². The molecule has 1 aromatic carbocycles. The predicted octanol–water partition coefficient (Wildman–Crippen LogP) is 1.58. The maximum atomic E-state index is 11.4. The summed E-state index contributed by atoms with van der Waals surface area (Å²) in [5, 5.41) is 23.1. The van der Waals surface area contributed by atoms with Crippen molar-refractivity contribution in [2.75, 3.05) is 18.5 Å². The number of carbonyl (C=O) groups is 1. The lowest BCUT2D eigenvalue weighted by molar-refractivity contribution is 0.0965. The molecular formula is C10H12BrClN2O3. The summed E-state index contributed by atoms with van der Waals surface area (Å²) in [7, 11) is 0. The van der Waals surface area contributed by atoms with Gasteiger partial charge < -0.3 is 20.8 Å². The van der Waals surface area contributed by atoms with Gasteiger partial charge in [-0.15, -0.1) is 0 Å². The van der Waals surface area contributed by atoms with Crippen molar-refractivity contribution in [2.24, 2.45) is 0 Å². The van der Waals surface area contributed by atoms with Crippen molar-refractivity contribution in [3.63, 3.8) is 0 Å². The highest BCUT2D eigenvalue weighted by molar-refractivity contribution is 9.10. The van der Waals surface area contributed by atoms with Gasteiger partial charge in [-0.25, -0.2) is 4.79 Å². The van der Waals surface area contributed by atoms with Crippen molar-refractivity contribution < 1.29 is 15.0 Å². The van der Waals surface area contributed by atoms with Crippen LogP contribution in [-0.4, -0.2) is 35.5 Å². The summed E-state index contributed by atoms with van der Waals surface area (Å²) >= 11 is 9.04. The number of hydrogen-bond acceptors (Lipinski definition) is 3. The molecule has 2 amide bonds. The number of aliphatic hydroxyl groups is 2. The van der Waals surface area contributed by atoms with Gasteiger partial charge in [0.25, 0.3) is 0 Å². The standard InChI is InChI=1S/C10H12BrClN2O3/c11-8-3-6(1-2-9(8)12)14-10(17)13-4-7(16)5-15/h1-3,7,15-16H,4-5H2,(H2,13,14,17)/t7-/m0/s1. The van der Waals surface area contributed by atoms with Crippen LogP contribution in [0, 0.1) is 0 Å². The molecule has 0 aromatic heterocycles. The second-order valence-corrected chi connectivity index (χ2v) is 4.56. The summed E-state index contributed by atoms with van der Waals surface area (Å²) in [5.41, 5.74) is 0.567. The summed E-state index contributed by atoms with van der Waals surface area (Å²) in [6.45, 7) is -0.413. The minimum absolute atomic E-state index is 0.0168. The predicted molar refractivity (Wildman–Crippen MR) is 69.3 cm³/mol. The molecule has 0 heterocycles. The lowest BCUT2D eigenvalue weighted by atomic mass is 10.3. The van der Waals surface area contributed by atoms with E-state index < -0.39 is 18.7 Å². The Hall–Kier alpha value is -0.820. The third-order valence-corrected chi connectivity index (χ3v) is 3.10. The highest BCUT2D eigenvalue weighted by atomic mass is 79.9. The summed E-state index contributed by atoms with van der Waals surface area (Å²) in [5.74, 6) is 0. The fourth-order valence-corrected chi connectivity index (χ4v) is 1.52. The molecule has 7 heteroatoms. The van der Waals surface area contributed by atoms with Gasteiger partial charge in [-0.2, -0.15) is 0 Å². The lowest BCUT2D eigenvalue weighted by Crippen LogP contribution is -2.36. The molecule has 0 aliphatic heterocycles. The molecule has 1 aromatic rings. The zero-order chi connectivity index (χ0) is 12.8. The average molecular weight is 324 g/mol. The van der Waals surface area contributed by atoms with Crippen LogP contribution < -0.4 is 10.6 Å². The highest BCUT2D eigenvalue weighted by Crippen LogP contribution is 2.25. The SMILES string of the molecule is O=C(NC[C@H](O)CO)Nc1ccc(Cl)c(Br)c1. The van der Waals surface area contributed by atoms with E-state index in [0.29, 0.717) is 15.2 Å². The Bertz CT molecular complexity index is 403. The van der Waals surface area contributed by atoms with E-state index in [0.717, 1.165) is 0 Å². The number of aliphatic hydroxyl groups excluding tert-OH is 2. The van der Waals surface area contributed by atoms with Crippen LogP contribution in [0.2, 0.25) is 5.02 Å². The molecule has 94 valence electrons. The number of carbonyl (C=O) groups excluding carboxylic acids is 1. The molecule has 0 aliphatic rings. The summed E-state index contributed by atoms with van der Waals surface area (Å²) in [6.07, 6.45) is -0.960. The number of hydrogen-bond donors (Lipinski definition) is 4. The van der Waals surface area contributed by atoms with Crippen LogP contribution in [0.3, 0.4) is 0 Å². The van der Waals surface area contributed by atoms with Crippen molar-refractivity contribution in [3.8, 4) is 0 Å². The van der Waals surface area contributed by atoms with Gasteiger partial charge >= 0.3 is 6.03 Å². The Morgan fingerprint density at radius 1 is 1.53 bits per heavy atom. The molecule has 0 bridgehead atoms. The Kier molecular flexibility index (Phi) is 5.70. The molecule has 0 spiro atoms. The van der Waals surface area contributed by atoms with Crippen molar-refractivity contribution in [1.29, 1.82) is 0 Å². The molecule has 0 unspecified atom stereocenters. The quantitative estimate of drug-likeness (QED) is 0.679. The monoisotopic (exact) mass is 322 g/mol. The molecule has 0 radical (unpaired) electrons. The van der Waals surface area contributed by atoms with Crippen LogP contribution in [0.15, 0.2) is 22.7 Å². The van der Waals surface area contributed by atoms with E-state index in [1.807, 2.05) is 0 Å². The number of benzene rings is 1. The third-order valence-electron chi connectivity index (χ3n) is 1.89. The number of nitrogens with one attached hydrogen (secondary N) is 2. The van der Waals surface area contributed by atoms with Gasteiger partial charge in [-0.1, -0.05) is 11.6 Å². The van der Waals surface area contributed by atoms with Crippen LogP contribution >= 0.6 is 27.5 Å². The largest absolute Gasteiger partial charge is 0.394 e. The minimum Gasteiger partial charge on any atom is -0.394 e. The maximum absolute atomic E-state index is 11.4. The first-order valence-electron chi connectivity index (χ1n) is 4.81. The number of urea groups is 1. The Morgan fingerprint density at radius 3 is 2.82 bits per heavy atom. The van der Waals surface area contributed by atoms with Gasteiger partial charge in [0.2, 0.25) is 0 Å². The van der Waals surface area contributed by atoms with Gasteiger partial charge in [-0.05, 0) is 34.1 Å². The molecule has 0 saturated heterocycles. The van der Waals surface area contributed by atoms with Crippen LogP contribution in [0.4, 0.5) is 10.5 Å². The highest BCUT2D eigenvalue weighted by Gasteiger charge is 2.06. The molecule has 0 saturated carbocycles. The fraction of sp³-hybridized carbons (Fsp3) is 0.300. The van der Waals surface area contributed by atoms with E-state index in [9.17, 15) is 4.79 Å². The van der Waals surface area contributed by atoms with Crippen molar-refractivity contribution >= 4 is 39.2 Å². The Balaban J connectivity index is 2.48. The van der Waals surface area contributed by atoms with Crippen LogP contribution in [0.5, 0.6) is 0 Å². The first-order chi connectivity index (χ1) is 8.02. The first-order valence-corrected chi connectivity index (χ1v) is 5.99. The molecule has 1 atom stereocenters. The van der Waals surface area contributed by atoms with Crippen molar-refractivity contribution in [2.45, 2.75) is 6.10 Å². The van der Waals surface area contributed by atoms with Crippen LogP contribution in [-0.2, 0) is 0 Å². The third kappa shape index (κ3) is 4.91. The molecule has 1 rings (SSSR count). The van der Waals surface area contributed by atoms with Crippen LogP contribution in [0.1, 0.15) is 0 Å². The van der Waals surface area contributed by atoms with Crippen molar-refractivity contribution in [1.82, 2.24) is 5.32 Å². The summed E-state index contributed by atoms with van der Waals surface area (Å²) in [6, 6.07) is 4.48. The van der Waals surface area contributed by atoms with E-state index in [-0.39, 0.29) is 6.54 Å². The second kappa shape index (κ2) is 6.80. The number of halogens is 2. The van der Waals surface area contributed by atoms with E-state index in [2.05, 4.69) is 26.6 Å². The Morgan fingerprint density at radius 2 is 2.24 bits per heavy atom. The number of amides is 2. The molecule has 17 heavy (non-hydrogen) atoms. The maximum Gasteiger partial charge on any atom is 0.319 e. The van der Waals surface area contributed by atoms with Gasteiger partial charge in [0.1, 0.15) is 0 Å². The van der Waals surface area contributed by atoms with E-state index in [1.54, 1.807) is 18.2 Å². The van der Waals surface area contributed by atoms with Gasteiger partial charge in [0.15, 0.2) is 0 Å². The van der Waals surface area contributed by atoms with Gasteiger partial charge in [-0.3, -0.25) is 0 Å². The first kappa shape index (κ1) is 14.2. The molecular weight excluding hydrogens is 311 g/mol. The fourth-order valence-electron chi connectivity index (χ4n) is 1.02. The number of rotatable bonds is 4. The average Bonchev–Trinajstić information content (AvgIpc) is 2.31. The molecule has 5 nitrogen and oxygen atoms in total. The molecule has 4 N–H and O–H groups in total. The normalized spacial score (nSPS) is 12.0. The molecule has 0 fully saturated rings. The topological polar surface area (TPSA) is 81.6 Å². The van der Waals surface area contributed by atoms with Gasteiger partial charge in [0.05, 0.1) is 17.7 Å². The zero-order valence-electron chi connectivity index (χ0n) is 8.78. The zero-order valence-corrected chi connectivity index (χ0v) is 11.1. The van der Waals surface area contributed by atoms with E-state index in [4.69, 9.17) is 21.8 Å². The smallest absolute Gasteiger partial charge is 0.319 e. The lowest BCUT2D eigenvalue weighted by Gasteiger charge is -2.10. The summed E-state index contributed by atoms with van der Waals surface area (Å²) in [4.78, 5) is 11.4. The van der Waals surface area contributed by atoms with E-state index >= 15 is 0 Å². The minimum atomic E-state index is -0.960. The molecule has 0 aliphatic carbocycles.